The Balaban J connectivity index is 1.18. The predicted octanol–water partition coefficient (Wildman–Crippen LogP) is 3.63. The van der Waals surface area contributed by atoms with E-state index in [4.69, 9.17) is 9.47 Å². The zero-order valence-electron chi connectivity index (χ0n) is 17.3. The monoisotopic (exact) mass is 438 g/mol. The molecule has 0 bridgehead atoms. The van der Waals surface area contributed by atoms with E-state index >= 15 is 0 Å². The van der Waals surface area contributed by atoms with Gasteiger partial charge in [-0.2, -0.15) is 0 Å². The Morgan fingerprint density at radius 3 is 2.42 bits per heavy atom. The second-order valence-corrected chi connectivity index (χ2v) is 9.34. The lowest BCUT2D eigenvalue weighted by atomic mass is 10.1. The fourth-order valence-corrected chi connectivity index (χ4v) is 4.41. The van der Waals surface area contributed by atoms with E-state index in [-0.39, 0.29) is 11.8 Å². The van der Waals surface area contributed by atoms with E-state index < -0.39 is 0 Å². The molecule has 3 aliphatic rings. The number of rotatable bonds is 8. The van der Waals surface area contributed by atoms with Gasteiger partial charge in [0.1, 0.15) is 13.2 Å². The minimum absolute atomic E-state index is 0.0139. The summed E-state index contributed by atoms with van der Waals surface area (Å²) in [5.41, 5.74) is 1.72. The third-order valence-corrected chi connectivity index (χ3v) is 6.64. The molecule has 31 heavy (non-hydrogen) atoms. The molecule has 6 nitrogen and oxygen atoms in total. The van der Waals surface area contributed by atoms with E-state index in [2.05, 4.69) is 5.32 Å². The van der Waals surface area contributed by atoms with E-state index in [9.17, 15) is 9.59 Å². The molecule has 2 aliphatic carbocycles. The minimum atomic E-state index is -0.0139. The largest absolute Gasteiger partial charge is 0.486 e. The second kappa shape index (κ2) is 8.83. The van der Waals surface area contributed by atoms with Gasteiger partial charge in [-0.15, -0.1) is 11.8 Å². The predicted molar refractivity (Wildman–Crippen MR) is 119 cm³/mol. The molecule has 0 atom stereocenters. The van der Waals surface area contributed by atoms with Crippen molar-refractivity contribution in [2.75, 3.05) is 19.0 Å². The molecule has 2 aromatic carbocycles. The van der Waals surface area contributed by atoms with Gasteiger partial charge in [-0.25, -0.2) is 0 Å². The van der Waals surface area contributed by atoms with Gasteiger partial charge in [0.25, 0.3) is 5.91 Å². The molecule has 1 aliphatic heterocycles. The van der Waals surface area contributed by atoms with Crippen molar-refractivity contribution >= 4 is 23.6 Å². The van der Waals surface area contributed by atoms with Crippen LogP contribution in [0, 0.1) is 0 Å². The number of fused-ring (bicyclic) bond motifs is 1. The van der Waals surface area contributed by atoms with Crippen LogP contribution in [0.2, 0.25) is 0 Å². The Hall–Kier alpha value is -2.67. The van der Waals surface area contributed by atoms with Crippen molar-refractivity contribution in [3.8, 4) is 11.5 Å². The quantitative estimate of drug-likeness (QED) is 0.638. The average Bonchev–Trinajstić information content (AvgIpc) is 3.71. The number of ether oxygens (including phenoxy) is 2. The lowest BCUT2D eigenvalue weighted by Crippen LogP contribution is -2.34. The van der Waals surface area contributed by atoms with E-state index in [1.165, 1.54) is 11.8 Å². The average molecular weight is 439 g/mol. The zero-order valence-corrected chi connectivity index (χ0v) is 18.2. The third-order valence-electron chi connectivity index (χ3n) is 5.67. The second-order valence-electron chi connectivity index (χ2n) is 8.29. The lowest BCUT2D eigenvalue weighted by Gasteiger charge is -2.23. The number of carbonyl (C=O) groups is 2. The van der Waals surface area contributed by atoms with Crippen LogP contribution in [0.25, 0.3) is 0 Å². The number of nitrogens with zero attached hydrogens (tertiary/aromatic N) is 1. The standard InChI is InChI=1S/C24H26N2O4S/c27-23(15-31-20-9-10-21-22(13-20)30-12-11-29-21)26(19-7-8-19)14-16-1-3-17(4-2-16)24(28)25-18-5-6-18/h1-4,9-10,13,18-19H,5-8,11-12,14-15H2,(H,25,28). The molecule has 1 N–H and O–H groups in total. The van der Waals surface area contributed by atoms with Crippen molar-refractivity contribution in [2.24, 2.45) is 0 Å². The summed E-state index contributed by atoms with van der Waals surface area (Å²) in [6, 6.07) is 14.1. The van der Waals surface area contributed by atoms with Crippen molar-refractivity contribution in [1.29, 1.82) is 0 Å². The molecule has 0 radical (unpaired) electrons. The first-order chi connectivity index (χ1) is 15.2. The zero-order chi connectivity index (χ0) is 21.2. The Labute approximate surface area is 186 Å². The van der Waals surface area contributed by atoms with Crippen LogP contribution in [-0.4, -0.2) is 47.8 Å². The van der Waals surface area contributed by atoms with Crippen LogP contribution in [0.3, 0.4) is 0 Å². The van der Waals surface area contributed by atoms with Crippen molar-refractivity contribution in [3.05, 3.63) is 53.6 Å². The van der Waals surface area contributed by atoms with Crippen LogP contribution in [0.15, 0.2) is 47.4 Å². The Bertz CT molecular complexity index is 970. The summed E-state index contributed by atoms with van der Waals surface area (Å²) in [6.07, 6.45) is 4.27. The highest BCUT2D eigenvalue weighted by Crippen LogP contribution is 2.35. The highest BCUT2D eigenvalue weighted by Gasteiger charge is 2.32. The maximum Gasteiger partial charge on any atom is 0.251 e. The van der Waals surface area contributed by atoms with Crippen molar-refractivity contribution < 1.29 is 19.1 Å². The molecule has 2 amide bonds. The number of hydrogen-bond donors (Lipinski definition) is 1. The SMILES string of the molecule is O=C(NC1CC1)c1ccc(CN(C(=O)CSc2ccc3c(c2)OCCO3)C2CC2)cc1. The van der Waals surface area contributed by atoms with E-state index in [1.54, 1.807) is 0 Å². The van der Waals surface area contributed by atoms with Crippen molar-refractivity contribution in [3.63, 3.8) is 0 Å². The number of thioether (sulfide) groups is 1. The van der Waals surface area contributed by atoms with Gasteiger partial charge in [-0.1, -0.05) is 12.1 Å². The smallest absolute Gasteiger partial charge is 0.251 e. The van der Waals surface area contributed by atoms with Crippen molar-refractivity contribution in [1.82, 2.24) is 10.2 Å². The topological polar surface area (TPSA) is 67.9 Å². The summed E-state index contributed by atoms with van der Waals surface area (Å²) in [5, 5.41) is 3.01. The minimum Gasteiger partial charge on any atom is -0.486 e. The van der Waals surface area contributed by atoms with Crippen LogP contribution < -0.4 is 14.8 Å². The molecular formula is C24H26N2O4S. The molecule has 2 fully saturated rings. The van der Waals surface area contributed by atoms with E-state index in [1.807, 2.05) is 47.4 Å². The number of benzene rings is 2. The van der Waals surface area contributed by atoms with Gasteiger partial charge < -0.3 is 19.7 Å². The molecule has 162 valence electrons. The van der Waals surface area contributed by atoms with Crippen molar-refractivity contribution in [2.45, 2.75) is 49.2 Å². The molecule has 0 saturated heterocycles. The first-order valence-corrected chi connectivity index (χ1v) is 11.9. The van der Waals surface area contributed by atoms with Gasteiger partial charge in [-0.3, -0.25) is 9.59 Å². The molecule has 0 spiro atoms. The van der Waals surface area contributed by atoms with Gasteiger partial charge in [0.05, 0.1) is 5.75 Å². The summed E-state index contributed by atoms with van der Waals surface area (Å²) < 4.78 is 11.2. The lowest BCUT2D eigenvalue weighted by molar-refractivity contribution is -0.129. The summed E-state index contributed by atoms with van der Waals surface area (Å²) >= 11 is 1.52. The molecule has 1 heterocycles. The molecular weight excluding hydrogens is 412 g/mol. The number of nitrogens with one attached hydrogen (secondary N) is 1. The molecule has 0 unspecified atom stereocenters. The highest BCUT2D eigenvalue weighted by molar-refractivity contribution is 8.00. The summed E-state index contributed by atoms with van der Waals surface area (Å²) in [7, 11) is 0. The maximum absolute atomic E-state index is 13.0. The Kier molecular flexibility index (Phi) is 5.76. The fraction of sp³-hybridized carbons (Fsp3) is 0.417. The van der Waals surface area contributed by atoms with Gasteiger partial charge in [-0.05, 0) is 61.6 Å². The Morgan fingerprint density at radius 2 is 1.71 bits per heavy atom. The van der Waals surface area contributed by atoms with Crippen LogP contribution in [0.5, 0.6) is 11.5 Å². The fourth-order valence-electron chi connectivity index (χ4n) is 3.60. The number of amides is 2. The molecule has 0 aromatic heterocycles. The van der Waals surface area contributed by atoms with Crippen LogP contribution >= 0.6 is 11.8 Å². The summed E-state index contributed by atoms with van der Waals surface area (Å²) in [6.45, 7) is 1.70. The van der Waals surface area contributed by atoms with Gasteiger partial charge >= 0.3 is 0 Å². The van der Waals surface area contributed by atoms with Crippen LogP contribution in [0.1, 0.15) is 41.6 Å². The van der Waals surface area contributed by atoms with E-state index in [0.717, 1.165) is 47.6 Å². The van der Waals surface area contributed by atoms with Gasteiger partial charge in [0.15, 0.2) is 11.5 Å². The number of carbonyl (C=O) groups excluding carboxylic acids is 2. The molecule has 5 rings (SSSR count). The summed E-state index contributed by atoms with van der Waals surface area (Å²) in [5.74, 6) is 2.01. The summed E-state index contributed by atoms with van der Waals surface area (Å²) in [4.78, 5) is 28.1. The maximum atomic E-state index is 13.0. The third kappa shape index (κ3) is 5.15. The normalized spacial score (nSPS) is 17.2. The molecule has 7 heteroatoms. The van der Waals surface area contributed by atoms with Gasteiger partial charge in [0.2, 0.25) is 5.91 Å². The molecule has 2 saturated carbocycles. The first kappa shape index (κ1) is 20.2. The van der Waals surface area contributed by atoms with Gasteiger partial charge in [0, 0.05) is 29.1 Å². The molecule has 2 aromatic rings. The Morgan fingerprint density at radius 1 is 0.968 bits per heavy atom. The first-order valence-electron chi connectivity index (χ1n) is 10.9. The van der Waals surface area contributed by atoms with Crippen LogP contribution in [-0.2, 0) is 11.3 Å². The van der Waals surface area contributed by atoms with Crippen LogP contribution in [0.4, 0.5) is 0 Å². The van der Waals surface area contributed by atoms with E-state index in [0.29, 0.717) is 43.2 Å². The number of hydrogen-bond acceptors (Lipinski definition) is 5. The highest BCUT2D eigenvalue weighted by atomic mass is 32.2.